The Kier molecular flexibility index (Phi) is 5.12. The normalized spacial score (nSPS) is 14.9. The van der Waals surface area contributed by atoms with Crippen LogP contribution >= 0.6 is 0 Å². The van der Waals surface area contributed by atoms with Gasteiger partial charge in [-0.3, -0.25) is 9.48 Å². The second-order valence-electron chi connectivity index (χ2n) is 7.23. The fraction of sp³-hybridized carbons (Fsp3) is 0.400. The lowest BCUT2D eigenvalue weighted by Gasteiger charge is -2.14. The van der Waals surface area contributed by atoms with E-state index in [9.17, 15) is 13.6 Å². The molecule has 9 heteroatoms. The molecule has 29 heavy (non-hydrogen) atoms. The number of alkyl halides is 2. The maximum Gasteiger partial charge on any atom is 0.272 e. The number of carbonyl (C=O) groups is 1. The number of halogens is 2. The second kappa shape index (κ2) is 7.73. The summed E-state index contributed by atoms with van der Waals surface area (Å²) in [5.41, 5.74) is 2.25. The lowest BCUT2D eigenvalue weighted by Crippen LogP contribution is -2.14. The Bertz CT molecular complexity index is 1050. The molecule has 1 saturated carbocycles. The highest BCUT2D eigenvalue weighted by atomic mass is 19.3. The van der Waals surface area contributed by atoms with E-state index in [1.54, 1.807) is 30.1 Å². The molecule has 3 aromatic rings. The first-order chi connectivity index (χ1) is 13.9. The SMILES string of the molecule is Cc1cc(C(C)n2cc3c(NC(=O)C4CC4)nccc3n2)cnc1OCC(F)F. The van der Waals surface area contributed by atoms with Crippen molar-refractivity contribution in [3.63, 3.8) is 0 Å². The predicted molar refractivity (Wildman–Crippen MR) is 103 cm³/mol. The zero-order chi connectivity index (χ0) is 20.5. The van der Waals surface area contributed by atoms with Gasteiger partial charge in [0.05, 0.1) is 16.9 Å². The molecule has 0 bridgehead atoms. The van der Waals surface area contributed by atoms with Crippen LogP contribution in [0.25, 0.3) is 10.9 Å². The minimum Gasteiger partial charge on any atom is -0.471 e. The number of nitrogens with one attached hydrogen (secondary N) is 1. The van der Waals surface area contributed by atoms with Crippen molar-refractivity contribution < 1.29 is 18.3 Å². The summed E-state index contributed by atoms with van der Waals surface area (Å²) in [6, 6.07) is 3.47. The highest BCUT2D eigenvalue weighted by Gasteiger charge is 2.30. The van der Waals surface area contributed by atoms with Crippen LogP contribution in [0.4, 0.5) is 14.6 Å². The molecule has 3 aromatic heterocycles. The van der Waals surface area contributed by atoms with E-state index in [-0.39, 0.29) is 23.7 Å². The summed E-state index contributed by atoms with van der Waals surface area (Å²) in [6.45, 7) is 3.03. The number of amides is 1. The number of ether oxygens (including phenoxy) is 1. The first kappa shape index (κ1) is 19.2. The number of rotatable bonds is 7. The van der Waals surface area contributed by atoms with Crippen molar-refractivity contribution in [1.82, 2.24) is 19.7 Å². The first-order valence-corrected chi connectivity index (χ1v) is 9.44. The number of fused-ring (bicyclic) bond motifs is 1. The van der Waals surface area contributed by atoms with Crippen LogP contribution < -0.4 is 10.1 Å². The van der Waals surface area contributed by atoms with Crippen molar-refractivity contribution in [3.8, 4) is 5.88 Å². The molecule has 4 rings (SSSR count). The largest absolute Gasteiger partial charge is 0.471 e. The lowest BCUT2D eigenvalue weighted by molar-refractivity contribution is -0.117. The lowest BCUT2D eigenvalue weighted by atomic mass is 10.1. The van der Waals surface area contributed by atoms with Crippen molar-refractivity contribution in [1.29, 1.82) is 0 Å². The van der Waals surface area contributed by atoms with Gasteiger partial charge in [-0.25, -0.2) is 18.7 Å². The van der Waals surface area contributed by atoms with Crippen LogP contribution in [-0.4, -0.2) is 38.7 Å². The molecule has 1 atom stereocenters. The highest BCUT2D eigenvalue weighted by Crippen LogP contribution is 2.31. The van der Waals surface area contributed by atoms with Gasteiger partial charge in [0.2, 0.25) is 11.8 Å². The van der Waals surface area contributed by atoms with E-state index < -0.39 is 13.0 Å². The van der Waals surface area contributed by atoms with E-state index in [4.69, 9.17) is 4.74 Å². The third kappa shape index (κ3) is 4.18. The molecular weight excluding hydrogens is 380 g/mol. The molecule has 0 aromatic carbocycles. The molecular formula is C20H21F2N5O2. The summed E-state index contributed by atoms with van der Waals surface area (Å²) in [5, 5.41) is 8.24. The number of hydrogen-bond donors (Lipinski definition) is 1. The smallest absolute Gasteiger partial charge is 0.272 e. The Balaban J connectivity index is 1.57. The summed E-state index contributed by atoms with van der Waals surface area (Å²) in [5.74, 6) is 0.773. The average Bonchev–Trinajstić information content (AvgIpc) is 3.45. The maximum atomic E-state index is 12.3. The molecule has 0 spiro atoms. The standard InChI is InChI=1S/C20H21F2N5O2/c1-11-7-14(8-24-20(11)29-10-17(21)22)12(2)27-9-15-16(26-27)5-6-23-18(15)25-19(28)13-3-4-13/h5-9,12-13,17H,3-4,10H2,1-2H3,(H,23,25,28). The quantitative estimate of drug-likeness (QED) is 0.652. The van der Waals surface area contributed by atoms with E-state index in [0.717, 1.165) is 29.3 Å². The fourth-order valence-corrected chi connectivity index (χ4v) is 3.08. The molecule has 0 radical (unpaired) electrons. The van der Waals surface area contributed by atoms with E-state index in [2.05, 4.69) is 20.4 Å². The third-order valence-corrected chi connectivity index (χ3v) is 4.92. The monoisotopic (exact) mass is 401 g/mol. The number of aryl methyl sites for hydroxylation is 1. The Labute approximate surface area is 166 Å². The molecule has 1 N–H and O–H groups in total. The minimum absolute atomic E-state index is 0.00925. The second-order valence-corrected chi connectivity index (χ2v) is 7.23. The summed E-state index contributed by atoms with van der Waals surface area (Å²) < 4.78 is 31.5. The van der Waals surface area contributed by atoms with Crippen LogP contribution in [0, 0.1) is 12.8 Å². The molecule has 7 nitrogen and oxygen atoms in total. The molecule has 1 aliphatic rings. The van der Waals surface area contributed by atoms with Crippen molar-refractivity contribution in [2.24, 2.45) is 5.92 Å². The molecule has 0 aliphatic heterocycles. The van der Waals surface area contributed by atoms with Gasteiger partial charge >= 0.3 is 0 Å². The van der Waals surface area contributed by atoms with Crippen LogP contribution in [0.3, 0.4) is 0 Å². The van der Waals surface area contributed by atoms with Crippen LogP contribution in [-0.2, 0) is 4.79 Å². The van der Waals surface area contributed by atoms with Gasteiger partial charge in [0.25, 0.3) is 6.43 Å². The van der Waals surface area contributed by atoms with Gasteiger partial charge in [0, 0.05) is 30.1 Å². The van der Waals surface area contributed by atoms with E-state index in [0.29, 0.717) is 11.4 Å². The molecule has 0 saturated heterocycles. The predicted octanol–water partition coefficient (Wildman–Crippen LogP) is 3.74. The molecule has 1 fully saturated rings. The molecule has 1 unspecified atom stereocenters. The maximum absolute atomic E-state index is 12.3. The first-order valence-electron chi connectivity index (χ1n) is 9.44. The van der Waals surface area contributed by atoms with Gasteiger partial charge in [-0.05, 0) is 44.4 Å². The Hall–Kier alpha value is -3.10. The van der Waals surface area contributed by atoms with Gasteiger partial charge in [0.15, 0.2) is 6.61 Å². The van der Waals surface area contributed by atoms with Gasteiger partial charge in [-0.15, -0.1) is 0 Å². The summed E-state index contributed by atoms with van der Waals surface area (Å²) in [6.07, 6.45) is 4.34. The van der Waals surface area contributed by atoms with Crippen molar-refractivity contribution in [3.05, 3.63) is 41.9 Å². The van der Waals surface area contributed by atoms with Crippen LogP contribution in [0.15, 0.2) is 30.7 Å². The zero-order valence-corrected chi connectivity index (χ0v) is 16.1. The van der Waals surface area contributed by atoms with Crippen LogP contribution in [0.5, 0.6) is 5.88 Å². The summed E-state index contributed by atoms with van der Waals surface area (Å²) in [7, 11) is 0. The number of carbonyl (C=O) groups excluding carboxylic acids is 1. The zero-order valence-electron chi connectivity index (χ0n) is 16.1. The molecule has 3 heterocycles. The van der Waals surface area contributed by atoms with Crippen molar-refractivity contribution >= 4 is 22.6 Å². The number of nitrogens with zero attached hydrogens (tertiary/aromatic N) is 4. The Morgan fingerprint density at radius 2 is 2.17 bits per heavy atom. The van der Waals surface area contributed by atoms with Crippen molar-refractivity contribution in [2.75, 3.05) is 11.9 Å². The summed E-state index contributed by atoms with van der Waals surface area (Å²) >= 11 is 0. The average molecular weight is 401 g/mol. The van der Waals surface area contributed by atoms with Gasteiger partial charge in [0.1, 0.15) is 5.82 Å². The van der Waals surface area contributed by atoms with Gasteiger partial charge < -0.3 is 10.1 Å². The Morgan fingerprint density at radius 3 is 2.86 bits per heavy atom. The molecule has 152 valence electrons. The number of pyridine rings is 2. The number of aromatic nitrogens is 4. The van der Waals surface area contributed by atoms with E-state index in [1.807, 2.05) is 19.2 Å². The summed E-state index contributed by atoms with van der Waals surface area (Å²) in [4.78, 5) is 20.6. The van der Waals surface area contributed by atoms with Gasteiger partial charge in [-0.1, -0.05) is 0 Å². The molecule has 1 amide bonds. The van der Waals surface area contributed by atoms with E-state index in [1.165, 1.54) is 0 Å². The Morgan fingerprint density at radius 1 is 1.38 bits per heavy atom. The topological polar surface area (TPSA) is 81.9 Å². The number of hydrogen-bond acceptors (Lipinski definition) is 5. The van der Waals surface area contributed by atoms with E-state index >= 15 is 0 Å². The number of anilines is 1. The fourth-order valence-electron chi connectivity index (χ4n) is 3.08. The van der Waals surface area contributed by atoms with Crippen LogP contribution in [0.2, 0.25) is 0 Å². The minimum atomic E-state index is -2.55. The third-order valence-electron chi connectivity index (χ3n) is 4.92. The highest BCUT2D eigenvalue weighted by molar-refractivity contribution is 6.00. The van der Waals surface area contributed by atoms with Gasteiger partial charge in [-0.2, -0.15) is 5.10 Å². The van der Waals surface area contributed by atoms with Crippen molar-refractivity contribution in [2.45, 2.75) is 39.2 Å². The molecule has 1 aliphatic carbocycles. The van der Waals surface area contributed by atoms with Crippen LogP contribution in [0.1, 0.15) is 36.9 Å².